The number of piperidine rings is 1. The molecule has 1 aromatic carbocycles. The first kappa shape index (κ1) is 23.2. The van der Waals surface area contributed by atoms with Gasteiger partial charge in [-0.15, -0.1) is 0 Å². The zero-order valence-electron chi connectivity index (χ0n) is 17.8. The summed E-state index contributed by atoms with van der Waals surface area (Å²) < 4.78 is 10.9. The number of nitrogens with one attached hydrogen (secondary N) is 1. The second-order valence-corrected chi connectivity index (χ2v) is 9.87. The van der Waals surface area contributed by atoms with Crippen molar-refractivity contribution in [3.63, 3.8) is 0 Å². The minimum Gasteiger partial charge on any atom is -0.444 e. The van der Waals surface area contributed by atoms with Gasteiger partial charge in [-0.25, -0.2) is 4.79 Å². The molecule has 0 saturated carbocycles. The number of carbonyl (C=O) groups is 2. The maximum Gasteiger partial charge on any atom is 0.407 e. The molecule has 166 valence electrons. The van der Waals surface area contributed by atoms with Gasteiger partial charge < -0.3 is 19.7 Å². The lowest BCUT2D eigenvalue weighted by Gasteiger charge is -2.42. The largest absolute Gasteiger partial charge is 0.444 e. The van der Waals surface area contributed by atoms with Crippen LogP contribution in [0.4, 0.5) is 4.79 Å². The Morgan fingerprint density at radius 1 is 1.17 bits per heavy atom. The summed E-state index contributed by atoms with van der Waals surface area (Å²) >= 11 is 12.6. The Morgan fingerprint density at radius 2 is 1.80 bits per heavy atom. The third-order valence-electron chi connectivity index (χ3n) is 5.71. The van der Waals surface area contributed by atoms with Crippen LogP contribution in [0.25, 0.3) is 0 Å². The predicted octanol–water partition coefficient (Wildman–Crippen LogP) is 4.56. The normalized spacial score (nSPS) is 20.0. The molecule has 0 aromatic heterocycles. The molecule has 8 heteroatoms. The number of rotatable bonds is 3. The molecule has 3 rings (SSSR count). The van der Waals surface area contributed by atoms with Crippen molar-refractivity contribution in [1.29, 1.82) is 0 Å². The number of hydrogen-bond acceptors (Lipinski definition) is 4. The molecule has 2 aliphatic rings. The average molecular weight is 457 g/mol. The number of halogens is 2. The van der Waals surface area contributed by atoms with Gasteiger partial charge in [0.1, 0.15) is 5.60 Å². The molecule has 2 fully saturated rings. The fourth-order valence-corrected chi connectivity index (χ4v) is 4.79. The third-order valence-corrected chi connectivity index (χ3v) is 6.25. The van der Waals surface area contributed by atoms with E-state index in [0.29, 0.717) is 62.0 Å². The molecule has 0 unspecified atom stereocenters. The van der Waals surface area contributed by atoms with E-state index in [9.17, 15) is 9.59 Å². The van der Waals surface area contributed by atoms with Crippen molar-refractivity contribution in [3.05, 3.63) is 33.8 Å². The van der Waals surface area contributed by atoms with Crippen molar-refractivity contribution in [2.45, 2.75) is 63.5 Å². The van der Waals surface area contributed by atoms with Crippen molar-refractivity contribution in [1.82, 2.24) is 10.2 Å². The van der Waals surface area contributed by atoms with E-state index in [0.717, 1.165) is 5.56 Å². The standard InChI is InChI=1S/C22H30Cl2N2O4/c1-21(2,3)30-20(28)25-16-6-10-26(11-7-16)19(27)22(8-12-29-13-9-22)17-5-4-15(23)14-18(17)24/h4-5,14,16H,6-13H2,1-3H3,(H,25,28). The summed E-state index contributed by atoms with van der Waals surface area (Å²) in [5.41, 5.74) is -0.421. The Balaban J connectivity index is 1.69. The van der Waals surface area contributed by atoms with Crippen LogP contribution in [0.5, 0.6) is 0 Å². The number of likely N-dealkylation sites (tertiary alicyclic amines) is 1. The highest BCUT2D eigenvalue weighted by atomic mass is 35.5. The van der Waals surface area contributed by atoms with Crippen LogP contribution in [0.3, 0.4) is 0 Å². The number of nitrogens with zero attached hydrogens (tertiary/aromatic N) is 1. The average Bonchev–Trinajstić information content (AvgIpc) is 2.67. The van der Waals surface area contributed by atoms with Gasteiger partial charge in [0.05, 0.1) is 5.41 Å². The Labute approximate surface area is 188 Å². The van der Waals surface area contributed by atoms with Gasteiger partial charge in [-0.2, -0.15) is 0 Å². The van der Waals surface area contributed by atoms with Gasteiger partial charge in [0.2, 0.25) is 5.91 Å². The van der Waals surface area contributed by atoms with E-state index in [1.54, 1.807) is 12.1 Å². The summed E-state index contributed by atoms with van der Waals surface area (Å²) in [6.07, 6.45) is 2.13. The number of amides is 2. The second kappa shape index (κ2) is 9.33. The summed E-state index contributed by atoms with van der Waals surface area (Å²) in [4.78, 5) is 27.6. The van der Waals surface area contributed by atoms with E-state index in [2.05, 4.69) is 5.32 Å². The Hall–Kier alpha value is -1.50. The van der Waals surface area contributed by atoms with Crippen molar-refractivity contribution in [3.8, 4) is 0 Å². The fraction of sp³-hybridized carbons (Fsp3) is 0.636. The SMILES string of the molecule is CC(C)(C)OC(=O)NC1CCN(C(=O)C2(c3ccc(Cl)cc3Cl)CCOCC2)CC1. The molecular weight excluding hydrogens is 427 g/mol. The Bertz CT molecular complexity index is 780. The van der Waals surface area contributed by atoms with Crippen LogP contribution >= 0.6 is 23.2 Å². The quantitative estimate of drug-likeness (QED) is 0.723. The summed E-state index contributed by atoms with van der Waals surface area (Å²) in [6.45, 7) is 7.69. The minimum atomic E-state index is -0.703. The lowest BCUT2D eigenvalue weighted by molar-refractivity contribution is -0.142. The highest BCUT2D eigenvalue weighted by molar-refractivity contribution is 6.35. The van der Waals surface area contributed by atoms with Crippen LogP contribution < -0.4 is 5.32 Å². The van der Waals surface area contributed by atoms with E-state index >= 15 is 0 Å². The first-order valence-electron chi connectivity index (χ1n) is 10.4. The van der Waals surface area contributed by atoms with Crippen LogP contribution in [0.2, 0.25) is 10.0 Å². The maximum absolute atomic E-state index is 13.7. The Morgan fingerprint density at radius 3 is 2.37 bits per heavy atom. The van der Waals surface area contributed by atoms with Crippen molar-refractivity contribution in [2.75, 3.05) is 26.3 Å². The molecule has 2 heterocycles. The number of benzene rings is 1. The summed E-state index contributed by atoms with van der Waals surface area (Å²) in [7, 11) is 0. The summed E-state index contributed by atoms with van der Waals surface area (Å²) in [5.74, 6) is 0.0748. The van der Waals surface area contributed by atoms with Gasteiger partial charge in [-0.1, -0.05) is 29.3 Å². The van der Waals surface area contributed by atoms with Gasteiger partial charge in [0, 0.05) is 42.4 Å². The molecule has 0 radical (unpaired) electrons. The van der Waals surface area contributed by atoms with E-state index in [1.165, 1.54) is 0 Å². The van der Waals surface area contributed by atoms with Crippen LogP contribution in [-0.2, 0) is 19.7 Å². The van der Waals surface area contributed by atoms with E-state index in [-0.39, 0.29) is 11.9 Å². The van der Waals surface area contributed by atoms with Crippen molar-refractivity contribution < 1.29 is 19.1 Å². The lowest BCUT2D eigenvalue weighted by Crippen LogP contribution is -2.54. The van der Waals surface area contributed by atoms with Gasteiger partial charge in [-0.3, -0.25) is 4.79 Å². The topological polar surface area (TPSA) is 67.9 Å². The lowest BCUT2D eigenvalue weighted by atomic mass is 9.72. The van der Waals surface area contributed by atoms with Crippen LogP contribution in [0, 0.1) is 0 Å². The highest BCUT2D eigenvalue weighted by Crippen LogP contribution is 2.41. The van der Waals surface area contributed by atoms with E-state index < -0.39 is 17.1 Å². The van der Waals surface area contributed by atoms with Gasteiger partial charge in [-0.05, 0) is 64.2 Å². The van der Waals surface area contributed by atoms with Gasteiger partial charge in [0.15, 0.2) is 0 Å². The van der Waals surface area contributed by atoms with E-state index in [1.807, 2.05) is 31.7 Å². The smallest absolute Gasteiger partial charge is 0.407 e. The molecule has 0 bridgehead atoms. The van der Waals surface area contributed by atoms with Crippen LogP contribution in [-0.4, -0.2) is 54.8 Å². The fourth-order valence-electron chi connectivity index (χ4n) is 4.20. The van der Waals surface area contributed by atoms with Crippen LogP contribution in [0.1, 0.15) is 52.0 Å². The molecule has 2 amide bonds. The summed E-state index contributed by atoms with van der Waals surface area (Å²) in [5, 5.41) is 3.98. The minimum absolute atomic E-state index is 0.00587. The molecule has 6 nitrogen and oxygen atoms in total. The summed E-state index contributed by atoms with van der Waals surface area (Å²) in [6, 6.07) is 5.34. The first-order chi connectivity index (χ1) is 14.1. The van der Waals surface area contributed by atoms with Crippen LogP contribution in [0.15, 0.2) is 18.2 Å². The predicted molar refractivity (Wildman–Crippen MR) is 117 cm³/mol. The molecule has 0 atom stereocenters. The van der Waals surface area contributed by atoms with Crippen molar-refractivity contribution >= 4 is 35.2 Å². The number of alkyl carbamates (subject to hydrolysis) is 1. The van der Waals surface area contributed by atoms with Gasteiger partial charge in [0.25, 0.3) is 0 Å². The van der Waals surface area contributed by atoms with Crippen molar-refractivity contribution in [2.24, 2.45) is 0 Å². The molecule has 2 aliphatic heterocycles. The molecule has 2 saturated heterocycles. The molecular formula is C22H30Cl2N2O4. The monoisotopic (exact) mass is 456 g/mol. The highest BCUT2D eigenvalue weighted by Gasteiger charge is 2.46. The zero-order chi connectivity index (χ0) is 21.9. The maximum atomic E-state index is 13.7. The molecule has 1 N–H and O–H groups in total. The number of carbonyl (C=O) groups excluding carboxylic acids is 2. The molecule has 0 aliphatic carbocycles. The number of hydrogen-bond donors (Lipinski definition) is 1. The molecule has 30 heavy (non-hydrogen) atoms. The zero-order valence-corrected chi connectivity index (χ0v) is 19.3. The second-order valence-electron chi connectivity index (χ2n) is 9.03. The Kier molecular flexibility index (Phi) is 7.20. The third kappa shape index (κ3) is 5.40. The first-order valence-corrected chi connectivity index (χ1v) is 11.2. The number of ether oxygens (including phenoxy) is 2. The molecule has 1 aromatic rings. The molecule has 0 spiro atoms. The van der Waals surface area contributed by atoms with Gasteiger partial charge >= 0.3 is 6.09 Å². The van der Waals surface area contributed by atoms with E-state index in [4.69, 9.17) is 32.7 Å².